The number of alkyl halides is 2. The molecule has 1 amide bonds. The van der Waals surface area contributed by atoms with Crippen LogP contribution >= 0.6 is 23.7 Å². The Balaban J connectivity index is 0.00000196. The molecule has 7 heteroatoms. The topological polar surface area (TPSA) is 41.1 Å². The number of carbonyl (C=O) groups is 1. The fourth-order valence-electron chi connectivity index (χ4n) is 3.74. The lowest BCUT2D eigenvalue weighted by atomic mass is 9.92. The average molecular weight is 405 g/mol. The van der Waals surface area contributed by atoms with Gasteiger partial charge < -0.3 is 10.6 Å². The second-order valence-electron chi connectivity index (χ2n) is 8.02. The quantitative estimate of drug-likeness (QED) is 0.725. The number of hydrogen-bond donors (Lipinski definition) is 2. The van der Waals surface area contributed by atoms with Gasteiger partial charge in [-0.3, -0.25) is 4.79 Å². The molecule has 3 saturated carbocycles. The van der Waals surface area contributed by atoms with Crippen LogP contribution in [0.3, 0.4) is 0 Å². The van der Waals surface area contributed by atoms with Gasteiger partial charge in [0.2, 0.25) is 5.92 Å². The molecule has 26 heavy (non-hydrogen) atoms. The van der Waals surface area contributed by atoms with Gasteiger partial charge in [0.05, 0.1) is 5.56 Å². The van der Waals surface area contributed by atoms with Gasteiger partial charge in [-0.1, -0.05) is 0 Å². The minimum absolute atomic E-state index is 0. The Bertz CT molecular complexity index is 652. The van der Waals surface area contributed by atoms with Crippen LogP contribution in [0.1, 0.15) is 71.0 Å². The van der Waals surface area contributed by atoms with Crippen LogP contribution in [0.25, 0.3) is 0 Å². The molecule has 0 aromatic carbocycles. The zero-order valence-electron chi connectivity index (χ0n) is 15.0. The van der Waals surface area contributed by atoms with Gasteiger partial charge in [-0.05, 0) is 57.6 Å². The highest BCUT2D eigenvalue weighted by Crippen LogP contribution is 2.45. The highest BCUT2D eigenvalue weighted by atomic mass is 35.5. The first kappa shape index (κ1) is 20.0. The molecule has 1 heterocycles. The molecule has 2 unspecified atom stereocenters. The standard InChI is InChI=1S/C19H26F2N2OS.ClH/c1-11-14(18(24)23-13-4-6-19(20,21)7-5-13)9-17(25-11)15-8-16(15)22-10-12-2-3-12;/h9,12-13,15-16,22H,2-8,10H2,1H3,(H,23,24);1H. The number of hydrogen-bond acceptors (Lipinski definition) is 3. The van der Waals surface area contributed by atoms with Crippen LogP contribution in [0.4, 0.5) is 8.78 Å². The van der Waals surface area contributed by atoms with E-state index >= 15 is 0 Å². The molecule has 3 nitrogen and oxygen atoms in total. The van der Waals surface area contributed by atoms with Crippen molar-refractivity contribution in [3.05, 3.63) is 21.4 Å². The molecule has 0 saturated heterocycles. The molecule has 1 aromatic heterocycles. The van der Waals surface area contributed by atoms with Gasteiger partial charge in [0.1, 0.15) is 0 Å². The van der Waals surface area contributed by atoms with Crippen LogP contribution in [0.5, 0.6) is 0 Å². The van der Waals surface area contributed by atoms with Crippen LogP contribution in [0.15, 0.2) is 6.07 Å². The molecule has 3 aliphatic carbocycles. The predicted octanol–water partition coefficient (Wildman–Crippen LogP) is 4.64. The Labute approximate surface area is 163 Å². The molecule has 0 bridgehead atoms. The van der Waals surface area contributed by atoms with E-state index in [2.05, 4.69) is 10.6 Å². The van der Waals surface area contributed by atoms with Crippen molar-refractivity contribution in [2.45, 2.75) is 75.8 Å². The summed E-state index contributed by atoms with van der Waals surface area (Å²) in [5.41, 5.74) is 0.727. The van der Waals surface area contributed by atoms with E-state index in [9.17, 15) is 13.6 Å². The van der Waals surface area contributed by atoms with Crippen LogP contribution in [0.2, 0.25) is 0 Å². The Hall–Kier alpha value is -0.720. The molecule has 0 radical (unpaired) electrons. The maximum Gasteiger partial charge on any atom is 0.252 e. The zero-order valence-corrected chi connectivity index (χ0v) is 16.7. The number of rotatable bonds is 6. The van der Waals surface area contributed by atoms with Crippen molar-refractivity contribution >= 4 is 29.7 Å². The first-order valence-corrected chi connectivity index (χ1v) is 10.3. The van der Waals surface area contributed by atoms with E-state index in [1.54, 1.807) is 11.3 Å². The fourth-order valence-corrected chi connectivity index (χ4v) is 4.94. The lowest BCUT2D eigenvalue weighted by Gasteiger charge is -2.28. The minimum atomic E-state index is -2.55. The van der Waals surface area contributed by atoms with E-state index in [4.69, 9.17) is 0 Å². The SMILES string of the molecule is Cc1sc(C2CC2NCC2CC2)cc1C(=O)NC1CCC(F)(F)CC1.Cl. The molecule has 1 aromatic rings. The molecule has 4 rings (SSSR count). The second kappa shape index (κ2) is 7.72. The smallest absolute Gasteiger partial charge is 0.252 e. The van der Waals surface area contributed by atoms with Gasteiger partial charge in [-0.15, -0.1) is 23.7 Å². The summed E-state index contributed by atoms with van der Waals surface area (Å²) in [7, 11) is 0. The third-order valence-electron chi connectivity index (χ3n) is 5.76. The van der Waals surface area contributed by atoms with Gasteiger partial charge >= 0.3 is 0 Å². The maximum atomic E-state index is 13.2. The molecular formula is C19H27ClF2N2OS. The van der Waals surface area contributed by atoms with Crippen LogP contribution in [0, 0.1) is 12.8 Å². The number of aryl methyl sites for hydroxylation is 1. The Morgan fingerprint density at radius 1 is 1.27 bits per heavy atom. The van der Waals surface area contributed by atoms with E-state index in [1.165, 1.54) is 17.7 Å². The van der Waals surface area contributed by atoms with Crippen molar-refractivity contribution < 1.29 is 13.6 Å². The molecule has 0 spiro atoms. The summed E-state index contributed by atoms with van der Waals surface area (Å²) in [6.45, 7) is 3.11. The van der Waals surface area contributed by atoms with Crippen LogP contribution in [-0.4, -0.2) is 30.5 Å². The molecule has 0 aliphatic heterocycles. The van der Waals surface area contributed by atoms with Crippen LogP contribution in [-0.2, 0) is 0 Å². The average Bonchev–Trinajstić information content (AvgIpc) is 3.46. The van der Waals surface area contributed by atoms with E-state index in [1.807, 2.05) is 13.0 Å². The third kappa shape index (κ3) is 4.76. The van der Waals surface area contributed by atoms with Gasteiger partial charge in [0, 0.05) is 40.6 Å². The number of thiophene rings is 1. The molecule has 3 aliphatic rings. The first-order chi connectivity index (χ1) is 11.9. The number of carbonyl (C=O) groups excluding carboxylic acids is 1. The summed E-state index contributed by atoms with van der Waals surface area (Å²) >= 11 is 1.71. The van der Waals surface area contributed by atoms with Crippen molar-refractivity contribution in [3.63, 3.8) is 0 Å². The molecule has 3 fully saturated rings. The highest BCUT2D eigenvalue weighted by Gasteiger charge is 2.41. The Morgan fingerprint density at radius 3 is 2.62 bits per heavy atom. The Morgan fingerprint density at radius 2 is 1.96 bits per heavy atom. The first-order valence-electron chi connectivity index (χ1n) is 9.44. The van der Waals surface area contributed by atoms with Gasteiger partial charge in [0.15, 0.2) is 0 Å². The van der Waals surface area contributed by atoms with Gasteiger partial charge in [-0.2, -0.15) is 0 Å². The summed E-state index contributed by atoms with van der Waals surface area (Å²) in [5, 5.41) is 6.60. The number of halogens is 3. The number of amides is 1. The minimum Gasteiger partial charge on any atom is -0.349 e. The van der Waals surface area contributed by atoms with Gasteiger partial charge in [0.25, 0.3) is 5.91 Å². The van der Waals surface area contributed by atoms with Crippen molar-refractivity contribution in [1.29, 1.82) is 0 Å². The van der Waals surface area contributed by atoms with E-state index < -0.39 is 5.92 Å². The zero-order chi connectivity index (χ0) is 17.6. The molecule has 146 valence electrons. The monoisotopic (exact) mass is 404 g/mol. The summed E-state index contributed by atoms with van der Waals surface area (Å²) in [5.74, 6) is -1.23. The van der Waals surface area contributed by atoms with E-state index in [-0.39, 0.29) is 37.2 Å². The predicted molar refractivity (Wildman–Crippen MR) is 103 cm³/mol. The van der Waals surface area contributed by atoms with E-state index in [0.717, 1.165) is 29.3 Å². The third-order valence-corrected chi connectivity index (χ3v) is 6.94. The summed E-state index contributed by atoms with van der Waals surface area (Å²) in [4.78, 5) is 14.9. The van der Waals surface area contributed by atoms with Gasteiger partial charge in [-0.25, -0.2) is 8.78 Å². The maximum absolute atomic E-state index is 13.2. The van der Waals surface area contributed by atoms with E-state index in [0.29, 0.717) is 24.8 Å². The fraction of sp³-hybridized carbons (Fsp3) is 0.737. The Kier molecular flexibility index (Phi) is 5.95. The largest absolute Gasteiger partial charge is 0.349 e. The summed E-state index contributed by atoms with van der Waals surface area (Å²) in [6, 6.07) is 2.47. The van der Waals surface area contributed by atoms with Crippen LogP contribution < -0.4 is 10.6 Å². The summed E-state index contributed by atoms with van der Waals surface area (Å²) < 4.78 is 26.5. The molecular weight excluding hydrogens is 378 g/mol. The van der Waals surface area contributed by atoms with Crippen molar-refractivity contribution in [2.75, 3.05) is 6.54 Å². The van der Waals surface area contributed by atoms with Crippen molar-refractivity contribution in [3.8, 4) is 0 Å². The lowest BCUT2D eigenvalue weighted by molar-refractivity contribution is -0.0399. The second-order valence-corrected chi connectivity index (χ2v) is 9.31. The van der Waals surface area contributed by atoms with Crippen molar-refractivity contribution in [1.82, 2.24) is 10.6 Å². The lowest BCUT2D eigenvalue weighted by Crippen LogP contribution is -2.40. The van der Waals surface area contributed by atoms with Crippen molar-refractivity contribution in [2.24, 2.45) is 5.92 Å². The summed E-state index contributed by atoms with van der Waals surface area (Å²) in [6.07, 6.45) is 4.37. The molecule has 2 N–H and O–H groups in total. The normalized spacial score (nSPS) is 27.7. The number of nitrogens with one attached hydrogen (secondary N) is 2. The molecule has 2 atom stereocenters. The highest BCUT2D eigenvalue weighted by molar-refractivity contribution is 7.12.